The van der Waals surface area contributed by atoms with Gasteiger partial charge < -0.3 is 9.47 Å². The average molecular weight is 473 g/mol. The number of carbonyl (C=O) groups excluding carboxylic acids is 3. The number of ether oxygens (including phenoxy) is 2. The molecule has 0 aromatic rings. The van der Waals surface area contributed by atoms with Crippen molar-refractivity contribution in [1.29, 1.82) is 0 Å². The summed E-state index contributed by atoms with van der Waals surface area (Å²) in [6.45, 7) is 16.4. The second kappa shape index (κ2) is 8.20. The van der Waals surface area contributed by atoms with Gasteiger partial charge in [-0.15, -0.1) is 0 Å². The number of hydrogen-bond donors (Lipinski definition) is 0. The number of rotatable bonds is 3. The minimum atomic E-state index is -0.532. The van der Waals surface area contributed by atoms with Gasteiger partial charge in [0.15, 0.2) is 5.78 Å². The van der Waals surface area contributed by atoms with Crippen LogP contribution in [0.5, 0.6) is 0 Å². The predicted molar refractivity (Wildman–Crippen MR) is 131 cm³/mol. The van der Waals surface area contributed by atoms with Crippen molar-refractivity contribution < 1.29 is 23.9 Å². The van der Waals surface area contributed by atoms with Crippen LogP contribution < -0.4 is 0 Å². The van der Waals surface area contributed by atoms with E-state index >= 15 is 0 Å². The van der Waals surface area contributed by atoms with E-state index in [-0.39, 0.29) is 40.6 Å². The molecule has 4 aliphatic rings. The normalized spacial score (nSPS) is 45.1. The molecule has 3 saturated carbocycles. The lowest BCUT2D eigenvalue weighted by molar-refractivity contribution is -0.227. The summed E-state index contributed by atoms with van der Waals surface area (Å²) < 4.78 is 11.8. The van der Waals surface area contributed by atoms with Gasteiger partial charge in [-0.1, -0.05) is 47.1 Å². The molecular weight excluding hydrogens is 428 g/mol. The monoisotopic (exact) mass is 472 g/mol. The minimum absolute atomic E-state index is 0.0152. The van der Waals surface area contributed by atoms with E-state index < -0.39 is 11.5 Å². The molecule has 0 aromatic heterocycles. The van der Waals surface area contributed by atoms with Crippen LogP contribution in [-0.2, 0) is 23.9 Å². The molecule has 0 amide bonds. The molecule has 0 aromatic carbocycles. The van der Waals surface area contributed by atoms with Crippen LogP contribution in [0.25, 0.3) is 0 Å². The molecule has 4 rings (SSSR count). The van der Waals surface area contributed by atoms with E-state index in [9.17, 15) is 14.4 Å². The average Bonchev–Trinajstić information content (AvgIpc) is 2.68. The summed E-state index contributed by atoms with van der Waals surface area (Å²) in [7, 11) is 0. The van der Waals surface area contributed by atoms with Crippen LogP contribution in [0, 0.1) is 39.4 Å². The molecular formula is C29H44O5. The third-order valence-corrected chi connectivity index (χ3v) is 10.8. The van der Waals surface area contributed by atoms with Gasteiger partial charge >= 0.3 is 11.9 Å². The summed E-state index contributed by atoms with van der Waals surface area (Å²) in [5, 5.41) is 0. The van der Waals surface area contributed by atoms with Crippen molar-refractivity contribution >= 4 is 17.7 Å². The molecule has 1 unspecified atom stereocenters. The van der Waals surface area contributed by atoms with Gasteiger partial charge in [0, 0.05) is 24.8 Å². The lowest BCUT2D eigenvalue weighted by Gasteiger charge is -2.69. The number of Topliss-reactive ketones (excluding diaryl/α,β-unsaturated/α-hetero) is 1. The van der Waals surface area contributed by atoms with E-state index in [4.69, 9.17) is 9.47 Å². The zero-order chi connectivity index (χ0) is 25.3. The van der Waals surface area contributed by atoms with Crippen LogP contribution in [0.15, 0.2) is 11.6 Å². The minimum Gasteiger partial charge on any atom is -0.462 e. The van der Waals surface area contributed by atoms with Gasteiger partial charge in [-0.3, -0.25) is 14.4 Å². The summed E-state index contributed by atoms with van der Waals surface area (Å²) in [5.74, 6) is 0.494. The fourth-order valence-electron chi connectivity index (χ4n) is 9.55. The van der Waals surface area contributed by atoms with Crippen LogP contribution in [0.2, 0.25) is 0 Å². The van der Waals surface area contributed by atoms with Gasteiger partial charge in [0.25, 0.3) is 0 Å². The van der Waals surface area contributed by atoms with Crippen LogP contribution in [0.4, 0.5) is 0 Å². The molecule has 34 heavy (non-hydrogen) atoms. The van der Waals surface area contributed by atoms with Crippen LogP contribution >= 0.6 is 0 Å². The molecule has 3 fully saturated rings. The fraction of sp³-hybridized carbons (Fsp3) is 0.828. The molecule has 190 valence electrons. The fourth-order valence-corrected chi connectivity index (χ4v) is 9.55. The highest BCUT2D eigenvalue weighted by Gasteiger charge is 2.67. The summed E-state index contributed by atoms with van der Waals surface area (Å²) in [5.41, 5.74) is 0.576. The maximum atomic E-state index is 12.6. The van der Waals surface area contributed by atoms with Gasteiger partial charge in [-0.25, -0.2) is 0 Å². The highest BCUT2D eigenvalue weighted by Crippen LogP contribution is 2.72. The first-order valence-electron chi connectivity index (χ1n) is 13.2. The summed E-state index contributed by atoms with van der Waals surface area (Å²) >= 11 is 0. The highest BCUT2D eigenvalue weighted by atomic mass is 16.5. The topological polar surface area (TPSA) is 69.7 Å². The Hall–Kier alpha value is -1.65. The Bertz CT molecular complexity index is 917. The third kappa shape index (κ3) is 3.76. The summed E-state index contributed by atoms with van der Waals surface area (Å²) in [6, 6.07) is 0. The number of hydrogen-bond acceptors (Lipinski definition) is 5. The zero-order valence-corrected chi connectivity index (χ0v) is 22.5. The van der Waals surface area contributed by atoms with Crippen molar-refractivity contribution in [3.63, 3.8) is 0 Å². The van der Waals surface area contributed by atoms with Gasteiger partial charge in [0.05, 0.1) is 0 Å². The molecule has 8 atom stereocenters. The second-order valence-corrected chi connectivity index (χ2v) is 13.2. The Morgan fingerprint density at radius 3 is 2.00 bits per heavy atom. The zero-order valence-electron chi connectivity index (χ0n) is 22.5. The van der Waals surface area contributed by atoms with Crippen molar-refractivity contribution in [3.8, 4) is 0 Å². The molecule has 5 nitrogen and oxygen atoms in total. The highest BCUT2D eigenvalue weighted by molar-refractivity contribution is 5.95. The van der Waals surface area contributed by atoms with Crippen molar-refractivity contribution in [1.82, 2.24) is 0 Å². The first kappa shape index (κ1) is 25.4. The number of esters is 2. The molecule has 5 heteroatoms. The van der Waals surface area contributed by atoms with Crippen LogP contribution in [0.1, 0.15) is 100 Å². The first-order chi connectivity index (χ1) is 15.6. The molecule has 0 N–H and O–H groups in total. The smallest absolute Gasteiger partial charge is 0.303 e. The van der Waals surface area contributed by atoms with Crippen molar-refractivity contribution in [2.45, 2.75) is 113 Å². The van der Waals surface area contributed by atoms with E-state index in [1.165, 1.54) is 46.5 Å². The molecule has 0 radical (unpaired) electrons. The lowest BCUT2D eigenvalue weighted by Crippen LogP contribution is -2.65. The van der Waals surface area contributed by atoms with Gasteiger partial charge in [-0.2, -0.15) is 0 Å². The summed E-state index contributed by atoms with van der Waals surface area (Å²) in [6.07, 6.45) is 8.65. The van der Waals surface area contributed by atoms with Crippen LogP contribution in [0.3, 0.4) is 0 Å². The molecule has 0 saturated heterocycles. The number of carbonyl (C=O) groups is 3. The maximum absolute atomic E-state index is 12.6. The van der Waals surface area contributed by atoms with Gasteiger partial charge in [0.2, 0.25) is 0 Å². The Kier molecular flexibility index (Phi) is 6.13. The predicted octanol–water partition coefficient (Wildman–Crippen LogP) is 6.04. The standard InChI is InChI=1S/C29H44O5/c1-17(30)20-16-29(8)23(14-21(20)33-18(2)31)28(7)13-10-22-26(4,5)11-9-12-27(22,6)24(28)15-25(29)34-19(3)32/h16,21-25H,9-15H2,1-8H3/t21-,22?,23+,24-,25+,27+,28+,29-/m1/s1. The SMILES string of the molecule is CC(=O)O[C@H]1C[C@H]2[C@@](C)(CCC3C(C)(C)CCC[C@@]32C)[C@@H]2C[C@@H](OC(C)=O)C(C(C)=O)=C[C@@]12C. The van der Waals surface area contributed by atoms with Crippen molar-refractivity contribution in [3.05, 3.63) is 11.6 Å². The largest absolute Gasteiger partial charge is 0.462 e. The Morgan fingerprint density at radius 1 is 0.794 bits per heavy atom. The maximum Gasteiger partial charge on any atom is 0.303 e. The van der Waals surface area contributed by atoms with E-state index in [0.717, 1.165) is 12.8 Å². The molecule has 4 aliphatic carbocycles. The van der Waals surface area contributed by atoms with E-state index in [1.807, 2.05) is 6.08 Å². The van der Waals surface area contributed by atoms with E-state index in [2.05, 4.69) is 34.6 Å². The van der Waals surface area contributed by atoms with Crippen LogP contribution in [-0.4, -0.2) is 29.9 Å². The molecule has 0 bridgehead atoms. The van der Waals surface area contributed by atoms with Gasteiger partial charge in [0.1, 0.15) is 12.2 Å². The molecule has 0 heterocycles. The molecule has 0 spiro atoms. The number of ketones is 1. The third-order valence-electron chi connectivity index (χ3n) is 10.8. The number of fused-ring (bicyclic) bond motifs is 5. The van der Waals surface area contributed by atoms with Crippen molar-refractivity contribution in [2.24, 2.45) is 39.4 Å². The van der Waals surface area contributed by atoms with Crippen molar-refractivity contribution in [2.75, 3.05) is 0 Å². The van der Waals surface area contributed by atoms with E-state index in [1.54, 1.807) is 0 Å². The quantitative estimate of drug-likeness (QED) is 0.468. The Balaban J connectivity index is 1.85. The lowest BCUT2D eigenvalue weighted by atomic mass is 9.35. The first-order valence-corrected chi connectivity index (χ1v) is 13.2. The van der Waals surface area contributed by atoms with Gasteiger partial charge in [-0.05, 0) is 79.4 Å². The Morgan fingerprint density at radius 2 is 1.41 bits per heavy atom. The van der Waals surface area contributed by atoms with E-state index in [0.29, 0.717) is 29.2 Å². The Labute approximate surface area is 205 Å². The summed E-state index contributed by atoms with van der Waals surface area (Å²) in [4.78, 5) is 36.9. The molecule has 0 aliphatic heterocycles. The second-order valence-electron chi connectivity index (χ2n) is 13.2.